The van der Waals surface area contributed by atoms with Crippen molar-refractivity contribution < 1.29 is 27.4 Å². The van der Waals surface area contributed by atoms with Gasteiger partial charge in [0, 0.05) is 19.2 Å². The second-order valence-electron chi connectivity index (χ2n) is 7.45. The molecule has 0 N–H and O–H groups in total. The van der Waals surface area contributed by atoms with Crippen molar-refractivity contribution in [3.63, 3.8) is 0 Å². The van der Waals surface area contributed by atoms with Crippen LogP contribution in [0.15, 0.2) is 47.2 Å². The summed E-state index contributed by atoms with van der Waals surface area (Å²) in [5.41, 5.74) is 0.221. The fourth-order valence-electron chi connectivity index (χ4n) is 3.36. The van der Waals surface area contributed by atoms with Gasteiger partial charge in [0.15, 0.2) is 23.2 Å². The lowest BCUT2D eigenvalue weighted by molar-refractivity contribution is -0.127. The highest BCUT2D eigenvalue weighted by atomic mass is 35.5. The van der Waals surface area contributed by atoms with Crippen LogP contribution in [0.4, 0.5) is 13.2 Å². The van der Waals surface area contributed by atoms with Crippen LogP contribution in [-0.4, -0.2) is 47.8 Å². The Hall–Kier alpha value is -3.20. The molecule has 0 aliphatic carbocycles. The predicted molar refractivity (Wildman–Crippen MR) is 112 cm³/mol. The van der Waals surface area contributed by atoms with Gasteiger partial charge in [0.1, 0.15) is 30.7 Å². The highest BCUT2D eigenvalue weighted by molar-refractivity contribution is 6.30. The minimum atomic E-state index is -0.964. The number of aliphatic imine (C=N–C) groups is 1. The van der Waals surface area contributed by atoms with Gasteiger partial charge in [-0.2, -0.15) is 0 Å². The van der Waals surface area contributed by atoms with Crippen molar-refractivity contribution in [3.05, 3.63) is 70.3 Å². The number of hydrogen-bond donors (Lipinski definition) is 0. The fourth-order valence-corrected chi connectivity index (χ4v) is 3.48. The second-order valence-corrected chi connectivity index (χ2v) is 7.85. The maximum absolute atomic E-state index is 14.5. The lowest BCUT2D eigenvalue weighted by atomic mass is 10.1. The summed E-state index contributed by atoms with van der Waals surface area (Å²) in [7, 11) is 1.81. The maximum Gasteiger partial charge on any atom is 0.214 e. The highest BCUT2D eigenvalue weighted by Crippen LogP contribution is 2.31. The van der Waals surface area contributed by atoms with E-state index in [-0.39, 0.29) is 48.0 Å². The summed E-state index contributed by atoms with van der Waals surface area (Å²) in [5.74, 6) is -2.27. The molecule has 2 aromatic rings. The molecule has 1 atom stereocenters. The van der Waals surface area contributed by atoms with E-state index in [4.69, 9.17) is 21.1 Å². The number of hydrogen-bond acceptors (Lipinski definition) is 6. The number of ketones is 1. The van der Waals surface area contributed by atoms with E-state index in [1.54, 1.807) is 13.1 Å². The Bertz CT molecular complexity index is 1120. The third-order valence-electron chi connectivity index (χ3n) is 5.28. The fraction of sp³-hybridized carbons (Fsp3) is 0.273. The first-order chi connectivity index (χ1) is 15.2. The number of rotatable bonds is 4. The topological polar surface area (TPSA) is 54.4 Å². The van der Waals surface area contributed by atoms with Gasteiger partial charge in [0.05, 0.1) is 17.6 Å². The molecule has 32 heavy (non-hydrogen) atoms. The van der Waals surface area contributed by atoms with Crippen molar-refractivity contribution >= 4 is 23.3 Å². The molecular formula is C22H19ClF3N3O3. The van der Waals surface area contributed by atoms with E-state index in [9.17, 15) is 18.0 Å². The number of Topliss-reactive ketones (excluding diaryl/α,β-unsaturated/α-hetero) is 1. The number of benzene rings is 2. The van der Waals surface area contributed by atoms with E-state index in [0.29, 0.717) is 5.90 Å². The third-order valence-corrected chi connectivity index (χ3v) is 5.59. The smallest absolute Gasteiger partial charge is 0.214 e. The first kappa shape index (κ1) is 22.0. The first-order valence-corrected chi connectivity index (χ1v) is 10.1. The Morgan fingerprint density at radius 3 is 2.56 bits per heavy atom. The van der Waals surface area contributed by atoms with Gasteiger partial charge < -0.3 is 19.3 Å². The van der Waals surface area contributed by atoms with Crippen molar-refractivity contribution in [3.8, 4) is 11.5 Å². The monoisotopic (exact) mass is 465 g/mol. The third kappa shape index (κ3) is 4.38. The summed E-state index contributed by atoms with van der Waals surface area (Å²) in [6.45, 7) is 2.20. The number of ether oxygens (including phenoxy) is 2. The lowest BCUT2D eigenvalue weighted by Crippen LogP contribution is -2.52. The molecule has 6 nitrogen and oxygen atoms in total. The van der Waals surface area contributed by atoms with Gasteiger partial charge in [0.2, 0.25) is 5.90 Å². The van der Waals surface area contributed by atoms with Crippen LogP contribution in [0, 0.1) is 17.5 Å². The Kier molecular flexibility index (Phi) is 6.01. The molecule has 0 radical (unpaired) electrons. The highest BCUT2D eigenvalue weighted by Gasteiger charge is 2.33. The van der Waals surface area contributed by atoms with Crippen LogP contribution in [0.1, 0.15) is 12.5 Å². The molecule has 2 heterocycles. The zero-order chi connectivity index (χ0) is 23.0. The van der Waals surface area contributed by atoms with Gasteiger partial charge in [-0.3, -0.25) is 4.79 Å². The van der Waals surface area contributed by atoms with Crippen LogP contribution in [0.5, 0.6) is 11.5 Å². The maximum atomic E-state index is 14.5. The van der Waals surface area contributed by atoms with E-state index < -0.39 is 23.2 Å². The average Bonchev–Trinajstić information content (AvgIpc) is 2.76. The van der Waals surface area contributed by atoms with Gasteiger partial charge >= 0.3 is 0 Å². The Labute approximate surface area is 187 Å². The van der Waals surface area contributed by atoms with Gasteiger partial charge in [-0.25, -0.2) is 18.2 Å². The van der Waals surface area contributed by atoms with Crippen molar-refractivity contribution in [2.75, 3.05) is 20.3 Å². The summed E-state index contributed by atoms with van der Waals surface area (Å²) in [6.07, 6.45) is 1.69. The quantitative estimate of drug-likeness (QED) is 0.666. The molecule has 4 rings (SSSR count). The summed E-state index contributed by atoms with van der Waals surface area (Å²) in [5, 5.41) is -0.130. The van der Waals surface area contributed by atoms with Crippen molar-refractivity contribution in [2.45, 2.75) is 19.6 Å². The Morgan fingerprint density at radius 1 is 1.16 bits per heavy atom. The molecule has 1 fully saturated rings. The molecule has 10 heteroatoms. The van der Waals surface area contributed by atoms with Crippen LogP contribution in [0.25, 0.3) is 0 Å². The molecular weight excluding hydrogens is 447 g/mol. The standard InChI is InChI=1S/C22H19ClF3N3O3/c1-12-19(30)9-29-11-27-20(8-21(29)28(12)2)31-10-13-5-17(25)22(18(26)6-13)32-14-3-4-15(23)16(24)7-14/h3-8,12H,9-11H2,1-2H3/t12-/m0/s1. The van der Waals surface area contributed by atoms with Crippen molar-refractivity contribution in [1.82, 2.24) is 9.80 Å². The number of fused-ring (bicyclic) bond motifs is 1. The van der Waals surface area contributed by atoms with E-state index in [1.807, 2.05) is 16.7 Å². The zero-order valence-electron chi connectivity index (χ0n) is 17.2. The zero-order valence-corrected chi connectivity index (χ0v) is 18.0. The molecule has 0 amide bonds. The lowest BCUT2D eigenvalue weighted by Gasteiger charge is -2.42. The van der Waals surface area contributed by atoms with Crippen molar-refractivity contribution in [1.29, 1.82) is 0 Å². The molecule has 2 aliphatic rings. The number of nitrogens with zero attached hydrogens (tertiary/aromatic N) is 3. The molecule has 168 valence electrons. The van der Waals surface area contributed by atoms with Crippen LogP contribution in [0.2, 0.25) is 5.02 Å². The van der Waals surface area contributed by atoms with Crippen LogP contribution >= 0.6 is 11.6 Å². The molecule has 0 bridgehead atoms. The van der Waals surface area contributed by atoms with E-state index in [1.165, 1.54) is 12.1 Å². The summed E-state index contributed by atoms with van der Waals surface area (Å²) < 4.78 is 53.2. The Balaban J connectivity index is 1.45. The average molecular weight is 466 g/mol. The minimum absolute atomic E-state index is 0.0919. The molecule has 0 spiro atoms. The molecule has 0 unspecified atom stereocenters. The van der Waals surface area contributed by atoms with Crippen molar-refractivity contribution in [2.24, 2.45) is 4.99 Å². The molecule has 2 aromatic carbocycles. The summed E-state index contributed by atoms with van der Waals surface area (Å²) in [4.78, 5) is 19.9. The molecule has 0 aromatic heterocycles. The molecule has 0 saturated carbocycles. The number of halogens is 4. The van der Waals surface area contributed by atoms with E-state index in [0.717, 1.165) is 24.0 Å². The summed E-state index contributed by atoms with van der Waals surface area (Å²) >= 11 is 5.60. The van der Waals surface area contributed by atoms with Gasteiger partial charge in [-0.05, 0) is 36.8 Å². The minimum Gasteiger partial charge on any atom is -0.473 e. The van der Waals surface area contributed by atoms with E-state index >= 15 is 0 Å². The number of carbonyl (C=O) groups excluding carboxylic acids is 1. The summed E-state index contributed by atoms with van der Waals surface area (Å²) in [6, 6.07) is 5.34. The van der Waals surface area contributed by atoms with Crippen LogP contribution < -0.4 is 4.74 Å². The Morgan fingerprint density at radius 2 is 1.88 bits per heavy atom. The predicted octanol–water partition coefficient (Wildman–Crippen LogP) is 4.48. The van der Waals surface area contributed by atoms with Gasteiger partial charge in [-0.1, -0.05) is 11.6 Å². The second kappa shape index (κ2) is 8.74. The van der Waals surface area contributed by atoms with Gasteiger partial charge in [-0.15, -0.1) is 0 Å². The van der Waals surface area contributed by atoms with Crippen LogP contribution in [0.3, 0.4) is 0 Å². The normalized spacial score (nSPS) is 18.2. The van der Waals surface area contributed by atoms with Crippen LogP contribution in [-0.2, 0) is 16.1 Å². The molecule has 1 saturated heterocycles. The number of carbonyl (C=O) groups is 1. The SMILES string of the molecule is C[C@H]1C(=O)CN2CN=C(OCc3cc(F)c(Oc4ccc(Cl)c(F)c4)c(F)c3)C=C2N1C. The number of likely N-dealkylation sites (N-methyl/N-ethyl adjacent to an activating group) is 1. The first-order valence-electron chi connectivity index (χ1n) is 9.73. The largest absolute Gasteiger partial charge is 0.473 e. The van der Waals surface area contributed by atoms with Gasteiger partial charge in [0.25, 0.3) is 0 Å². The molecule has 2 aliphatic heterocycles. The van der Waals surface area contributed by atoms with E-state index in [2.05, 4.69) is 4.99 Å².